The summed E-state index contributed by atoms with van der Waals surface area (Å²) in [6.07, 6.45) is 4.82. The first kappa shape index (κ1) is 20.0. The van der Waals surface area contributed by atoms with Crippen molar-refractivity contribution >= 4 is 17.5 Å². The monoisotopic (exact) mass is 391 g/mol. The molecule has 0 spiro atoms. The molecule has 1 atom stereocenters. The van der Waals surface area contributed by atoms with Gasteiger partial charge in [-0.2, -0.15) is 0 Å². The van der Waals surface area contributed by atoms with E-state index in [2.05, 4.69) is 21.8 Å². The summed E-state index contributed by atoms with van der Waals surface area (Å²) in [5.74, 6) is 4.35. The maximum atomic E-state index is 12.2. The van der Waals surface area contributed by atoms with E-state index in [1.54, 1.807) is 48.1 Å². The van der Waals surface area contributed by atoms with E-state index in [4.69, 9.17) is 5.73 Å². The molecular weight excluding hydrogens is 370 g/mol. The van der Waals surface area contributed by atoms with Gasteiger partial charge in [-0.05, 0) is 26.0 Å². The van der Waals surface area contributed by atoms with Gasteiger partial charge in [-0.15, -0.1) is 0 Å². The van der Waals surface area contributed by atoms with Crippen LogP contribution in [0.25, 0.3) is 16.9 Å². The lowest BCUT2D eigenvalue weighted by Gasteiger charge is -2.22. The lowest BCUT2D eigenvalue weighted by atomic mass is 10.0. The molecule has 8 nitrogen and oxygen atoms in total. The van der Waals surface area contributed by atoms with Crippen LogP contribution in [-0.4, -0.2) is 55.4 Å². The summed E-state index contributed by atoms with van der Waals surface area (Å²) in [5.41, 5.74) is 5.98. The third-order valence-electron chi connectivity index (χ3n) is 4.45. The molecule has 2 heterocycles. The zero-order valence-electron chi connectivity index (χ0n) is 16.4. The number of aromatic nitrogens is 3. The van der Waals surface area contributed by atoms with Crippen molar-refractivity contribution in [1.82, 2.24) is 19.3 Å². The number of benzene rings is 1. The lowest BCUT2D eigenvalue weighted by molar-refractivity contribution is -0.142. The van der Waals surface area contributed by atoms with Crippen molar-refractivity contribution in [3.05, 3.63) is 54.1 Å². The van der Waals surface area contributed by atoms with Crippen molar-refractivity contribution in [3.63, 3.8) is 0 Å². The summed E-state index contributed by atoms with van der Waals surface area (Å²) in [4.78, 5) is 33.9. The molecule has 0 fully saturated rings. The summed E-state index contributed by atoms with van der Waals surface area (Å²) in [7, 11) is 1.60. The molecule has 3 N–H and O–H groups in total. The minimum absolute atomic E-state index is 0.109. The Morgan fingerprint density at radius 1 is 1.38 bits per heavy atom. The average Bonchev–Trinajstić information content (AvgIpc) is 3.19. The molecule has 1 unspecified atom stereocenters. The van der Waals surface area contributed by atoms with Crippen LogP contribution in [0.15, 0.2) is 42.9 Å². The van der Waals surface area contributed by atoms with Gasteiger partial charge in [0.05, 0.1) is 0 Å². The molecule has 3 aromatic rings. The number of likely N-dealkylation sites (N-methyl/N-ethyl adjacent to an activating group) is 1. The zero-order valence-corrected chi connectivity index (χ0v) is 16.4. The van der Waals surface area contributed by atoms with Gasteiger partial charge in [-0.25, -0.2) is 9.97 Å². The second-order valence-corrected chi connectivity index (χ2v) is 6.72. The third kappa shape index (κ3) is 4.10. The Morgan fingerprint density at radius 2 is 2.14 bits per heavy atom. The SMILES string of the molecule is CCN(C)C(=O)C(C)(O)C#Cc1cccc(-c2nc(C(N)=O)cn3ccnc23)c1. The second kappa shape index (κ2) is 7.73. The third-order valence-corrected chi connectivity index (χ3v) is 4.45. The van der Waals surface area contributed by atoms with Crippen LogP contribution in [-0.2, 0) is 4.79 Å². The van der Waals surface area contributed by atoms with Gasteiger partial charge in [0.1, 0.15) is 11.4 Å². The molecule has 0 aliphatic rings. The number of nitrogens with two attached hydrogens (primary N) is 1. The zero-order chi connectivity index (χ0) is 21.2. The molecule has 0 aliphatic heterocycles. The number of nitrogens with zero attached hydrogens (tertiary/aromatic N) is 4. The molecule has 2 aromatic heterocycles. The van der Waals surface area contributed by atoms with Gasteiger partial charge in [0, 0.05) is 43.3 Å². The first-order chi connectivity index (χ1) is 13.7. The molecule has 0 saturated carbocycles. The largest absolute Gasteiger partial charge is 0.370 e. The molecule has 0 radical (unpaired) electrons. The van der Waals surface area contributed by atoms with Crippen LogP contribution in [0.5, 0.6) is 0 Å². The number of carbonyl (C=O) groups excluding carboxylic acids is 2. The lowest BCUT2D eigenvalue weighted by Crippen LogP contribution is -2.44. The minimum atomic E-state index is -1.80. The van der Waals surface area contributed by atoms with Crippen molar-refractivity contribution in [2.75, 3.05) is 13.6 Å². The van der Waals surface area contributed by atoms with Crippen LogP contribution in [0.1, 0.15) is 29.9 Å². The van der Waals surface area contributed by atoms with Crippen molar-refractivity contribution in [2.24, 2.45) is 5.73 Å². The number of imidazole rings is 1. The van der Waals surface area contributed by atoms with Crippen LogP contribution in [0.4, 0.5) is 0 Å². The van der Waals surface area contributed by atoms with Crippen LogP contribution >= 0.6 is 0 Å². The van der Waals surface area contributed by atoms with E-state index in [9.17, 15) is 14.7 Å². The van der Waals surface area contributed by atoms with Gasteiger partial charge in [-0.1, -0.05) is 24.0 Å². The molecule has 1 aromatic carbocycles. The van der Waals surface area contributed by atoms with Crippen molar-refractivity contribution in [1.29, 1.82) is 0 Å². The number of aliphatic hydroxyl groups is 1. The van der Waals surface area contributed by atoms with Crippen molar-refractivity contribution in [3.8, 4) is 23.1 Å². The molecule has 3 rings (SSSR count). The molecule has 8 heteroatoms. The Balaban J connectivity index is 2.02. The molecule has 0 bridgehead atoms. The fraction of sp³-hybridized carbons (Fsp3) is 0.238. The number of hydrogen-bond acceptors (Lipinski definition) is 5. The highest BCUT2D eigenvalue weighted by Crippen LogP contribution is 2.23. The van der Waals surface area contributed by atoms with E-state index in [0.717, 1.165) is 0 Å². The van der Waals surface area contributed by atoms with Gasteiger partial charge in [0.25, 0.3) is 11.8 Å². The molecule has 2 amide bonds. The van der Waals surface area contributed by atoms with E-state index in [1.165, 1.54) is 18.0 Å². The van der Waals surface area contributed by atoms with Gasteiger partial charge >= 0.3 is 0 Å². The van der Waals surface area contributed by atoms with E-state index in [-0.39, 0.29) is 5.69 Å². The number of primary amides is 1. The highest BCUT2D eigenvalue weighted by Gasteiger charge is 2.30. The van der Waals surface area contributed by atoms with Gasteiger partial charge in [0.15, 0.2) is 5.65 Å². The van der Waals surface area contributed by atoms with E-state index in [0.29, 0.717) is 29.0 Å². The maximum absolute atomic E-state index is 12.2. The molecule has 0 saturated heterocycles. The van der Waals surface area contributed by atoms with E-state index < -0.39 is 17.4 Å². The Hall–Kier alpha value is -3.70. The predicted molar refractivity (Wildman–Crippen MR) is 108 cm³/mol. The normalized spacial score (nSPS) is 12.7. The summed E-state index contributed by atoms with van der Waals surface area (Å²) < 4.78 is 1.67. The fourth-order valence-corrected chi connectivity index (χ4v) is 2.75. The Morgan fingerprint density at radius 3 is 2.83 bits per heavy atom. The maximum Gasteiger partial charge on any atom is 0.268 e. The number of rotatable bonds is 4. The fourth-order valence-electron chi connectivity index (χ4n) is 2.75. The van der Waals surface area contributed by atoms with Crippen LogP contribution in [0.3, 0.4) is 0 Å². The quantitative estimate of drug-likeness (QED) is 0.646. The smallest absolute Gasteiger partial charge is 0.268 e. The van der Waals surface area contributed by atoms with Gasteiger partial charge in [0.2, 0.25) is 5.60 Å². The van der Waals surface area contributed by atoms with Crippen molar-refractivity contribution < 1.29 is 14.7 Å². The Kier molecular flexibility index (Phi) is 5.35. The number of carbonyl (C=O) groups is 2. The topological polar surface area (TPSA) is 114 Å². The highest BCUT2D eigenvalue weighted by molar-refractivity contribution is 5.92. The predicted octanol–water partition coefficient (Wildman–Crippen LogP) is 1.08. The first-order valence-electron chi connectivity index (χ1n) is 8.98. The van der Waals surface area contributed by atoms with Crippen LogP contribution in [0, 0.1) is 11.8 Å². The minimum Gasteiger partial charge on any atom is -0.370 e. The summed E-state index contributed by atoms with van der Waals surface area (Å²) in [6.45, 7) is 3.65. The second-order valence-electron chi connectivity index (χ2n) is 6.72. The molecule has 0 aliphatic carbocycles. The first-order valence-corrected chi connectivity index (χ1v) is 8.98. The molecule has 29 heavy (non-hydrogen) atoms. The highest BCUT2D eigenvalue weighted by atomic mass is 16.3. The van der Waals surface area contributed by atoms with Gasteiger partial charge in [-0.3, -0.25) is 9.59 Å². The molecule has 148 valence electrons. The standard InChI is InChI=1S/C21H21N5O3/c1-4-25(3)20(28)21(2,29)9-8-14-6-5-7-15(12-14)17-19-23-10-11-26(19)13-16(24-17)18(22)27/h5-7,10-13,29H,4H2,1-3H3,(H2,22,27). The average molecular weight is 391 g/mol. The number of fused-ring (bicyclic) bond motifs is 1. The Bertz CT molecular complexity index is 1150. The van der Waals surface area contributed by atoms with Crippen LogP contribution < -0.4 is 5.73 Å². The van der Waals surface area contributed by atoms with E-state index >= 15 is 0 Å². The summed E-state index contributed by atoms with van der Waals surface area (Å²) in [5, 5.41) is 10.4. The Labute approximate surface area is 168 Å². The van der Waals surface area contributed by atoms with Crippen LogP contribution in [0.2, 0.25) is 0 Å². The van der Waals surface area contributed by atoms with Gasteiger partial charge < -0.3 is 20.1 Å². The number of hydrogen-bond donors (Lipinski definition) is 2. The molecular formula is C21H21N5O3. The number of amides is 2. The van der Waals surface area contributed by atoms with Crippen molar-refractivity contribution in [2.45, 2.75) is 19.4 Å². The summed E-state index contributed by atoms with van der Waals surface area (Å²) >= 11 is 0. The van der Waals surface area contributed by atoms with E-state index in [1.807, 2.05) is 6.92 Å². The summed E-state index contributed by atoms with van der Waals surface area (Å²) in [6, 6.07) is 7.08.